The number of oxime groups is 1. The lowest BCUT2D eigenvalue weighted by Crippen LogP contribution is -2.55. The lowest BCUT2D eigenvalue weighted by molar-refractivity contribution is -0.143. The summed E-state index contributed by atoms with van der Waals surface area (Å²) in [6.07, 6.45) is 15.5. The van der Waals surface area contributed by atoms with E-state index in [1.54, 1.807) is 27.7 Å². The van der Waals surface area contributed by atoms with Crippen LogP contribution in [0.5, 0.6) is 0 Å². The standard InChI is InChI=1S/C33H49N3O6/c1-8-33(41)16-13-25-23-10-9-21-17-22(11-14-31(21,6)24(23)12-15-32(25,33)7)36-42-18-26(37)34-27(19(2)3)29(38)35-28(20(4)5)30(39)40/h1,17,19-20,23-25,27-28,41H,9-16,18H2,2-7H3,(H,34,37)(H,35,38)(H,39,40)/b36-22+/t23-,24+,25+,27+,28-,31+,32+,33-/m1/s1. The molecule has 4 rings (SSSR count). The maximum Gasteiger partial charge on any atom is 0.326 e. The predicted octanol–water partition coefficient (Wildman–Crippen LogP) is 4.05. The van der Waals surface area contributed by atoms with Gasteiger partial charge in [0.05, 0.1) is 5.71 Å². The summed E-state index contributed by atoms with van der Waals surface area (Å²) in [7, 11) is 0. The summed E-state index contributed by atoms with van der Waals surface area (Å²) in [6, 6.07) is -1.93. The summed E-state index contributed by atoms with van der Waals surface area (Å²) < 4.78 is 0. The monoisotopic (exact) mass is 583 g/mol. The highest BCUT2D eigenvalue weighted by molar-refractivity contribution is 5.96. The van der Waals surface area contributed by atoms with Crippen LogP contribution in [0.15, 0.2) is 16.8 Å². The molecule has 0 saturated heterocycles. The van der Waals surface area contributed by atoms with Crippen LogP contribution in [0.1, 0.15) is 92.9 Å². The van der Waals surface area contributed by atoms with E-state index in [0.29, 0.717) is 24.2 Å². The van der Waals surface area contributed by atoms with Gasteiger partial charge in [-0.25, -0.2) is 4.79 Å². The van der Waals surface area contributed by atoms with Gasteiger partial charge in [0, 0.05) is 5.41 Å². The summed E-state index contributed by atoms with van der Waals surface area (Å²) in [6.45, 7) is 11.3. The Morgan fingerprint density at radius 1 is 1.02 bits per heavy atom. The number of carbonyl (C=O) groups excluding carboxylic acids is 2. The smallest absolute Gasteiger partial charge is 0.326 e. The quantitative estimate of drug-likeness (QED) is 0.239. The number of aliphatic carboxylic acids is 1. The van der Waals surface area contributed by atoms with E-state index in [2.05, 4.69) is 41.6 Å². The van der Waals surface area contributed by atoms with Gasteiger partial charge in [-0.15, -0.1) is 6.42 Å². The van der Waals surface area contributed by atoms with Gasteiger partial charge in [0.2, 0.25) is 5.91 Å². The van der Waals surface area contributed by atoms with Crippen LogP contribution in [0.25, 0.3) is 0 Å². The number of hydrogen-bond acceptors (Lipinski definition) is 6. The third-order valence-corrected chi connectivity index (χ3v) is 11.2. The summed E-state index contributed by atoms with van der Waals surface area (Å²) in [5, 5.41) is 30.1. The zero-order chi connectivity index (χ0) is 31.0. The van der Waals surface area contributed by atoms with Gasteiger partial charge in [-0.05, 0) is 92.4 Å². The van der Waals surface area contributed by atoms with Gasteiger partial charge in [0.1, 0.15) is 17.7 Å². The first-order valence-electron chi connectivity index (χ1n) is 15.6. The minimum absolute atomic E-state index is 0.0825. The molecule has 3 saturated carbocycles. The molecule has 0 spiro atoms. The Kier molecular flexibility index (Phi) is 9.18. The molecule has 9 nitrogen and oxygen atoms in total. The Balaban J connectivity index is 1.36. The van der Waals surface area contributed by atoms with Crippen molar-refractivity contribution in [1.82, 2.24) is 10.6 Å². The number of aliphatic hydroxyl groups is 1. The van der Waals surface area contributed by atoms with E-state index in [0.717, 1.165) is 50.7 Å². The van der Waals surface area contributed by atoms with Crippen LogP contribution in [0, 0.1) is 52.8 Å². The van der Waals surface area contributed by atoms with Crippen molar-refractivity contribution in [3.8, 4) is 12.3 Å². The molecule has 0 unspecified atom stereocenters. The Morgan fingerprint density at radius 2 is 1.69 bits per heavy atom. The number of nitrogens with zero attached hydrogens (tertiary/aromatic N) is 1. The number of carboxylic acids is 1. The number of carboxylic acid groups (broad SMARTS) is 1. The molecule has 8 atom stereocenters. The van der Waals surface area contributed by atoms with Gasteiger partial charge < -0.3 is 25.7 Å². The number of nitrogens with one attached hydrogen (secondary N) is 2. The SMILES string of the molecule is C#C[C@@]1(O)CC[C@H]2[C@@H]3CCC4=C/C(=N/OCC(=O)N[C@H](C(=O)N[C@@H](C(=O)O)C(C)C)C(C)C)CC[C@]4(C)[C@H]3CC[C@@]21C. The number of hydrogen-bond donors (Lipinski definition) is 4. The number of terminal acetylenes is 1. The molecular weight excluding hydrogens is 534 g/mol. The topological polar surface area (TPSA) is 137 Å². The number of amides is 2. The maximum atomic E-state index is 12.8. The summed E-state index contributed by atoms with van der Waals surface area (Å²) in [4.78, 5) is 42.3. The lowest BCUT2D eigenvalue weighted by atomic mass is 9.46. The van der Waals surface area contributed by atoms with Crippen molar-refractivity contribution in [2.24, 2.45) is 45.6 Å². The Morgan fingerprint density at radius 3 is 2.31 bits per heavy atom. The summed E-state index contributed by atoms with van der Waals surface area (Å²) >= 11 is 0. The van der Waals surface area contributed by atoms with Crippen molar-refractivity contribution in [1.29, 1.82) is 0 Å². The van der Waals surface area contributed by atoms with E-state index in [1.807, 2.05) is 0 Å². The fourth-order valence-corrected chi connectivity index (χ4v) is 8.58. The first-order valence-corrected chi connectivity index (χ1v) is 15.6. The van der Waals surface area contributed by atoms with Crippen molar-refractivity contribution in [3.05, 3.63) is 11.6 Å². The van der Waals surface area contributed by atoms with E-state index in [9.17, 15) is 24.6 Å². The molecule has 0 aromatic rings. The molecule has 4 N–H and O–H groups in total. The second kappa shape index (κ2) is 12.0. The number of rotatable bonds is 9. The molecule has 0 aliphatic heterocycles. The molecule has 0 aromatic carbocycles. The number of allylic oxidation sites excluding steroid dienone is 2. The molecule has 0 bridgehead atoms. The molecule has 0 heterocycles. The van der Waals surface area contributed by atoms with Crippen LogP contribution in [-0.4, -0.2) is 58.0 Å². The van der Waals surface area contributed by atoms with Crippen molar-refractivity contribution < 1.29 is 29.4 Å². The predicted molar refractivity (Wildman–Crippen MR) is 160 cm³/mol. The Hall–Kier alpha value is -2.86. The fourth-order valence-electron chi connectivity index (χ4n) is 8.58. The van der Waals surface area contributed by atoms with E-state index < -0.39 is 35.5 Å². The van der Waals surface area contributed by atoms with Crippen LogP contribution in [-0.2, 0) is 19.2 Å². The van der Waals surface area contributed by atoms with Crippen molar-refractivity contribution in [2.75, 3.05) is 6.61 Å². The second-order valence-corrected chi connectivity index (χ2v) is 14.2. The van der Waals surface area contributed by atoms with Crippen molar-refractivity contribution >= 4 is 23.5 Å². The van der Waals surface area contributed by atoms with Crippen LogP contribution in [0.3, 0.4) is 0 Å². The average molecular weight is 584 g/mol. The van der Waals surface area contributed by atoms with Crippen molar-refractivity contribution in [3.63, 3.8) is 0 Å². The third kappa shape index (κ3) is 5.71. The number of carbonyl (C=O) groups is 3. The summed E-state index contributed by atoms with van der Waals surface area (Å²) in [5.74, 6) is 1.62. The summed E-state index contributed by atoms with van der Waals surface area (Å²) in [5.41, 5.74) is 1.09. The highest BCUT2D eigenvalue weighted by atomic mass is 16.6. The van der Waals surface area contributed by atoms with E-state index in [4.69, 9.17) is 11.3 Å². The Labute approximate surface area is 250 Å². The molecule has 42 heavy (non-hydrogen) atoms. The largest absolute Gasteiger partial charge is 0.480 e. The van der Waals surface area contributed by atoms with Crippen LogP contribution in [0.2, 0.25) is 0 Å². The van der Waals surface area contributed by atoms with Crippen LogP contribution < -0.4 is 10.6 Å². The minimum Gasteiger partial charge on any atom is -0.480 e. The van der Waals surface area contributed by atoms with E-state index >= 15 is 0 Å². The molecule has 232 valence electrons. The van der Waals surface area contributed by atoms with Gasteiger partial charge in [0.25, 0.3) is 5.91 Å². The second-order valence-electron chi connectivity index (χ2n) is 14.2. The van der Waals surface area contributed by atoms with Crippen LogP contribution in [0.4, 0.5) is 0 Å². The fraction of sp³-hybridized carbons (Fsp3) is 0.758. The van der Waals surface area contributed by atoms with Gasteiger partial charge in [-0.3, -0.25) is 9.59 Å². The van der Waals surface area contributed by atoms with E-state index in [-0.39, 0.29) is 29.3 Å². The van der Waals surface area contributed by atoms with Gasteiger partial charge in [-0.2, -0.15) is 0 Å². The van der Waals surface area contributed by atoms with Crippen LogP contribution >= 0.6 is 0 Å². The van der Waals surface area contributed by atoms with Gasteiger partial charge in [-0.1, -0.05) is 58.2 Å². The lowest BCUT2D eigenvalue weighted by Gasteiger charge is -2.58. The average Bonchev–Trinajstić information content (AvgIpc) is 3.20. The minimum atomic E-state index is -1.12. The zero-order valence-corrected chi connectivity index (χ0v) is 26.0. The first kappa shape index (κ1) is 32.1. The number of fused-ring (bicyclic) bond motifs is 5. The maximum absolute atomic E-state index is 12.8. The molecule has 3 fully saturated rings. The molecule has 9 heteroatoms. The molecule has 2 amide bonds. The highest BCUT2D eigenvalue weighted by Crippen LogP contribution is 2.67. The van der Waals surface area contributed by atoms with Gasteiger partial charge >= 0.3 is 5.97 Å². The normalized spacial score (nSPS) is 36.1. The van der Waals surface area contributed by atoms with Crippen molar-refractivity contribution in [2.45, 2.75) is 111 Å². The molecular formula is C33H49N3O6. The highest BCUT2D eigenvalue weighted by Gasteiger charge is 2.63. The zero-order valence-electron chi connectivity index (χ0n) is 26.0. The molecule has 0 radical (unpaired) electrons. The molecule has 4 aliphatic rings. The Bertz CT molecular complexity index is 1190. The third-order valence-electron chi connectivity index (χ3n) is 11.2. The van der Waals surface area contributed by atoms with E-state index in [1.165, 1.54) is 5.57 Å². The molecule has 4 aliphatic carbocycles. The molecule has 0 aromatic heterocycles. The van der Waals surface area contributed by atoms with Gasteiger partial charge in [0.15, 0.2) is 6.61 Å². The first-order chi connectivity index (χ1) is 19.7.